The molecule has 0 radical (unpaired) electrons. The van der Waals surface area contributed by atoms with Gasteiger partial charge in [0.15, 0.2) is 5.82 Å². The highest BCUT2D eigenvalue weighted by atomic mass is 35.5. The third-order valence-electron chi connectivity index (χ3n) is 2.48. The van der Waals surface area contributed by atoms with Crippen molar-refractivity contribution in [2.45, 2.75) is 6.54 Å². The number of rotatable bonds is 2. The molecular formula is C12H9ClN4. The number of hydrogen-bond donors (Lipinski definition) is 0. The fourth-order valence-electron chi connectivity index (χ4n) is 1.71. The average molecular weight is 245 g/mol. The van der Waals surface area contributed by atoms with Gasteiger partial charge in [-0.15, -0.1) is 0 Å². The first-order valence-corrected chi connectivity index (χ1v) is 5.56. The molecule has 0 N–H and O–H groups in total. The average Bonchev–Trinajstić information content (AvgIpc) is 2.76. The molecule has 1 aromatic carbocycles. The van der Waals surface area contributed by atoms with Crippen molar-refractivity contribution in [1.29, 1.82) is 0 Å². The van der Waals surface area contributed by atoms with Crippen molar-refractivity contribution in [3.63, 3.8) is 0 Å². The van der Waals surface area contributed by atoms with E-state index in [2.05, 4.69) is 15.0 Å². The summed E-state index contributed by atoms with van der Waals surface area (Å²) in [6.45, 7) is 0.719. The number of aromatic nitrogens is 4. The van der Waals surface area contributed by atoms with Gasteiger partial charge < -0.3 is 4.57 Å². The molecule has 0 spiro atoms. The summed E-state index contributed by atoms with van der Waals surface area (Å²) in [5, 5.41) is 0.741. The minimum Gasteiger partial charge on any atom is -0.332 e. The first kappa shape index (κ1) is 10.2. The monoisotopic (exact) mass is 244 g/mol. The van der Waals surface area contributed by atoms with Gasteiger partial charge in [0, 0.05) is 17.8 Å². The van der Waals surface area contributed by atoms with E-state index in [0.717, 1.165) is 22.8 Å². The van der Waals surface area contributed by atoms with Crippen LogP contribution in [0.4, 0.5) is 0 Å². The van der Waals surface area contributed by atoms with Gasteiger partial charge in [0.05, 0.1) is 6.33 Å². The second-order valence-electron chi connectivity index (χ2n) is 3.76. The normalized spacial score (nSPS) is 10.9. The number of nitrogens with zero attached hydrogens (tertiary/aromatic N) is 4. The summed E-state index contributed by atoms with van der Waals surface area (Å²) in [4.78, 5) is 12.4. The van der Waals surface area contributed by atoms with Crippen LogP contribution in [0.5, 0.6) is 0 Å². The van der Waals surface area contributed by atoms with Crippen molar-refractivity contribution in [1.82, 2.24) is 19.5 Å². The summed E-state index contributed by atoms with van der Waals surface area (Å²) in [6.07, 6.45) is 5.19. The van der Waals surface area contributed by atoms with Gasteiger partial charge in [-0.3, -0.25) is 0 Å². The van der Waals surface area contributed by atoms with E-state index in [9.17, 15) is 0 Å². The second-order valence-corrected chi connectivity index (χ2v) is 4.19. The maximum Gasteiger partial charge on any atom is 0.182 e. The predicted molar refractivity (Wildman–Crippen MR) is 65.0 cm³/mol. The smallest absolute Gasteiger partial charge is 0.182 e. The quantitative estimate of drug-likeness (QED) is 0.696. The van der Waals surface area contributed by atoms with Crippen LogP contribution >= 0.6 is 11.6 Å². The molecule has 5 heteroatoms. The maximum atomic E-state index is 5.94. The molecule has 84 valence electrons. The van der Waals surface area contributed by atoms with Crippen LogP contribution in [0.2, 0.25) is 5.02 Å². The minimum absolute atomic E-state index is 0.673. The van der Waals surface area contributed by atoms with Gasteiger partial charge in [0.1, 0.15) is 12.0 Å². The Balaban J connectivity index is 1.92. The van der Waals surface area contributed by atoms with Crippen LogP contribution in [0, 0.1) is 0 Å². The molecule has 4 nitrogen and oxygen atoms in total. The molecule has 0 aromatic heterocycles. The zero-order chi connectivity index (χ0) is 11.7. The second kappa shape index (κ2) is 4.14. The van der Waals surface area contributed by atoms with Crippen LogP contribution in [0.15, 0.2) is 43.1 Å². The number of imidazole rings is 1. The third kappa shape index (κ3) is 2.12. The SMILES string of the molecule is Clc1cccc(Cn2cnc3ncnc-3c2)c1. The van der Waals surface area contributed by atoms with E-state index >= 15 is 0 Å². The lowest BCUT2D eigenvalue weighted by atomic mass is 10.2. The lowest BCUT2D eigenvalue weighted by Crippen LogP contribution is -2.03. The molecule has 0 aliphatic carbocycles. The fourth-order valence-corrected chi connectivity index (χ4v) is 1.92. The summed E-state index contributed by atoms with van der Waals surface area (Å²) in [6, 6.07) is 7.77. The highest BCUT2D eigenvalue weighted by Crippen LogP contribution is 2.15. The van der Waals surface area contributed by atoms with Crippen LogP contribution in [-0.2, 0) is 6.54 Å². The first-order chi connectivity index (χ1) is 8.31. The van der Waals surface area contributed by atoms with Gasteiger partial charge in [0.25, 0.3) is 0 Å². The molecule has 0 atom stereocenters. The van der Waals surface area contributed by atoms with E-state index < -0.39 is 0 Å². The van der Waals surface area contributed by atoms with Crippen molar-refractivity contribution in [2.75, 3.05) is 0 Å². The molecule has 0 bridgehead atoms. The number of hydrogen-bond acceptors (Lipinski definition) is 3. The Morgan fingerprint density at radius 1 is 1.18 bits per heavy atom. The highest BCUT2D eigenvalue weighted by Gasteiger charge is 2.06. The molecule has 0 saturated carbocycles. The van der Waals surface area contributed by atoms with Gasteiger partial charge in [-0.2, -0.15) is 0 Å². The van der Waals surface area contributed by atoms with Crippen molar-refractivity contribution in [3.8, 4) is 11.5 Å². The summed E-state index contributed by atoms with van der Waals surface area (Å²) in [5.41, 5.74) is 1.93. The summed E-state index contributed by atoms with van der Waals surface area (Å²) in [7, 11) is 0. The van der Waals surface area contributed by atoms with Crippen molar-refractivity contribution < 1.29 is 0 Å². The number of fused-ring (bicyclic) bond motifs is 1. The van der Waals surface area contributed by atoms with E-state index in [1.807, 2.05) is 35.0 Å². The molecule has 0 unspecified atom stereocenters. The topological polar surface area (TPSA) is 43.6 Å². The Bertz CT molecular complexity index is 620. The van der Waals surface area contributed by atoms with Crippen molar-refractivity contribution in [3.05, 3.63) is 53.7 Å². The van der Waals surface area contributed by atoms with Gasteiger partial charge in [-0.1, -0.05) is 23.7 Å². The Kier molecular flexibility index (Phi) is 2.49. The Morgan fingerprint density at radius 3 is 3.00 bits per heavy atom. The third-order valence-corrected chi connectivity index (χ3v) is 2.71. The molecule has 2 aliphatic rings. The summed E-state index contributed by atoms with van der Waals surface area (Å²) in [5.74, 6) is 0.673. The maximum absolute atomic E-state index is 5.94. The van der Waals surface area contributed by atoms with Crippen LogP contribution in [-0.4, -0.2) is 19.5 Å². The standard InChI is InChI=1S/C12H9ClN4/c13-10-3-1-2-9(4-10)5-17-6-11-12(16-8-17)15-7-14-11/h1-4,6-8H,5H2. The molecule has 17 heavy (non-hydrogen) atoms. The van der Waals surface area contributed by atoms with E-state index in [1.165, 1.54) is 6.33 Å². The Hall–Kier alpha value is -1.94. The fraction of sp³-hybridized carbons (Fsp3) is 0.0833. The van der Waals surface area contributed by atoms with Crippen molar-refractivity contribution in [2.24, 2.45) is 0 Å². The van der Waals surface area contributed by atoms with Gasteiger partial charge >= 0.3 is 0 Å². The van der Waals surface area contributed by atoms with Gasteiger partial charge in [-0.25, -0.2) is 15.0 Å². The van der Waals surface area contributed by atoms with Crippen LogP contribution < -0.4 is 0 Å². The van der Waals surface area contributed by atoms with Gasteiger partial charge in [-0.05, 0) is 17.7 Å². The molecule has 2 aliphatic heterocycles. The highest BCUT2D eigenvalue weighted by molar-refractivity contribution is 6.30. The Labute approximate surface area is 103 Å². The largest absolute Gasteiger partial charge is 0.332 e. The Morgan fingerprint density at radius 2 is 2.12 bits per heavy atom. The molecule has 2 heterocycles. The molecule has 0 fully saturated rings. The minimum atomic E-state index is 0.673. The van der Waals surface area contributed by atoms with Gasteiger partial charge in [0.2, 0.25) is 0 Å². The zero-order valence-corrected chi connectivity index (χ0v) is 9.67. The molecular weight excluding hydrogens is 236 g/mol. The van der Waals surface area contributed by atoms with Crippen LogP contribution in [0.25, 0.3) is 11.5 Å². The molecule has 0 saturated heterocycles. The molecule has 1 aromatic rings. The number of halogens is 1. The van der Waals surface area contributed by atoms with Crippen LogP contribution in [0.1, 0.15) is 5.56 Å². The first-order valence-electron chi connectivity index (χ1n) is 5.18. The van der Waals surface area contributed by atoms with E-state index in [-0.39, 0.29) is 0 Å². The molecule has 3 rings (SSSR count). The summed E-state index contributed by atoms with van der Waals surface area (Å²) < 4.78 is 1.96. The van der Waals surface area contributed by atoms with Crippen LogP contribution in [0.3, 0.4) is 0 Å². The summed E-state index contributed by atoms with van der Waals surface area (Å²) >= 11 is 5.94. The van der Waals surface area contributed by atoms with E-state index in [4.69, 9.17) is 11.6 Å². The lowest BCUT2D eigenvalue weighted by Gasteiger charge is -2.07. The van der Waals surface area contributed by atoms with E-state index in [1.54, 1.807) is 6.33 Å². The molecule has 0 amide bonds. The lowest BCUT2D eigenvalue weighted by molar-refractivity contribution is 0.764. The van der Waals surface area contributed by atoms with Crippen molar-refractivity contribution >= 4 is 11.6 Å². The predicted octanol–water partition coefficient (Wildman–Crippen LogP) is 2.48. The van der Waals surface area contributed by atoms with E-state index in [0.29, 0.717) is 5.82 Å². The zero-order valence-electron chi connectivity index (χ0n) is 8.92. The number of benzene rings is 1.